The van der Waals surface area contributed by atoms with Crippen molar-refractivity contribution in [1.29, 1.82) is 0 Å². The van der Waals surface area contributed by atoms with Crippen molar-refractivity contribution < 1.29 is 9.59 Å². The van der Waals surface area contributed by atoms with Gasteiger partial charge in [-0.3, -0.25) is 14.6 Å². The minimum atomic E-state index is -0.643. The van der Waals surface area contributed by atoms with Crippen LogP contribution in [0.25, 0.3) is 0 Å². The molecule has 0 aromatic carbocycles. The largest absolute Gasteiger partial charge is 0.354 e. The van der Waals surface area contributed by atoms with Crippen LogP contribution in [0.3, 0.4) is 0 Å². The summed E-state index contributed by atoms with van der Waals surface area (Å²) in [7, 11) is 0. The highest BCUT2D eigenvalue weighted by Crippen LogP contribution is 2.00. The van der Waals surface area contributed by atoms with Gasteiger partial charge in [0.2, 0.25) is 5.91 Å². The summed E-state index contributed by atoms with van der Waals surface area (Å²) in [5, 5.41) is 5.22. The van der Waals surface area contributed by atoms with Crippen LogP contribution in [-0.4, -0.2) is 34.4 Å². The van der Waals surface area contributed by atoms with Crippen molar-refractivity contribution in [1.82, 2.24) is 20.6 Å². The van der Waals surface area contributed by atoms with Gasteiger partial charge < -0.3 is 16.1 Å². The molecule has 1 aromatic rings. The van der Waals surface area contributed by atoms with E-state index in [0.29, 0.717) is 6.54 Å². The minimum absolute atomic E-state index is 0.0885. The van der Waals surface area contributed by atoms with Gasteiger partial charge in [-0.1, -0.05) is 6.92 Å². The second-order valence-corrected chi connectivity index (χ2v) is 3.92. The molecule has 8 nitrogen and oxygen atoms in total. The molecule has 5 N–H and O–H groups in total. The number of rotatable bonds is 6. The maximum absolute atomic E-state index is 11.8. The summed E-state index contributed by atoms with van der Waals surface area (Å²) in [5.41, 5.74) is 2.38. The first kappa shape index (κ1) is 14.8. The van der Waals surface area contributed by atoms with Crippen molar-refractivity contribution in [2.24, 2.45) is 5.84 Å². The molecule has 1 atom stereocenters. The molecule has 19 heavy (non-hydrogen) atoms. The monoisotopic (exact) mass is 266 g/mol. The van der Waals surface area contributed by atoms with Gasteiger partial charge in [0.05, 0.1) is 12.4 Å². The van der Waals surface area contributed by atoms with Gasteiger partial charge in [0.15, 0.2) is 5.82 Å². The molecular weight excluding hydrogens is 248 g/mol. The number of amides is 2. The van der Waals surface area contributed by atoms with E-state index in [1.807, 2.05) is 6.92 Å². The molecule has 1 rings (SSSR count). The Bertz CT molecular complexity index is 451. The number of anilines is 1. The van der Waals surface area contributed by atoms with Crippen LogP contribution in [0.5, 0.6) is 0 Å². The SMILES string of the molecule is CCCNC(=O)C(C)NC(=O)c1cncc(NN)n1. The number of nitrogens with one attached hydrogen (secondary N) is 3. The Kier molecular flexibility index (Phi) is 5.68. The lowest BCUT2D eigenvalue weighted by atomic mass is 10.3. The molecule has 2 amide bonds. The molecule has 0 aliphatic carbocycles. The highest BCUT2D eigenvalue weighted by molar-refractivity contribution is 5.95. The summed E-state index contributed by atoms with van der Waals surface area (Å²) in [5.74, 6) is 4.73. The fourth-order valence-corrected chi connectivity index (χ4v) is 1.28. The van der Waals surface area contributed by atoms with Gasteiger partial charge in [-0.15, -0.1) is 0 Å². The number of aromatic nitrogens is 2. The predicted molar refractivity (Wildman–Crippen MR) is 70.1 cm³/mol. The smallest absolute Gasteiger partial charge is 0.272 e. The molecular formula is C11H18N6O2. The first-order valence-corrected chi connectivity index (χ1v) is 5.95. The molecule has 8 heteroatoms. The third-order valence-electron chi connectivity index (χ3n) is 2.31. The Morgan fingerprint density at radius 3 is 2.79 bits per heavy atom. The highest BCUT2D eigenvalue weighted by Gasteiger charge is 2.17. The standard InChI is InChI=1S/C11H18N6O2/c1-3-4-14-10(18)7(2)15-11(19)8-5-13-6-9(16-8)17-12/h5-7H,3-4,12H2,1-2H3,(H,14,18)(H,15,19)(H,16,17). The van der Waals surface area contributed by atoms with Crippen LogP contribution in [0.2, 0.25) is 0 Å². The Balaban J connectivity index is 2.60. The van der Waals surface area contributed by atoms with Crippen LogP contribution in [0.1, 0.15) is 30.8 Å². The van der Waals surface area contributed by atoms with E-state index in [-0.39, 0.29) is 17.4 Å². The molecule has 0 aliphatic heterocycles. The van der Waals surface area contributed by atoms with Gasteiger partial charge in [-0.05, 0) is 13.3 Å². The van der Waals surface area contributed by atoms with Gasteiger partial charge in [0, 0.05) is 6.54 Å². The van der Waals surface area contributed by atoms with Crippen molar-refractivity contribution in [3.8, 4) is 0 Å². The van der Waals surface area contributed by atoms with Gasteiger partial charge in [-0.25, -0.2) is 10.8 Å². The average molecular weight is 266 g/mol. The molecule has 1 heterocycles. The quantitative estimate of drug-likeness (QED) is 0.403. The molecule has 0 saturated heterocycles. The number of hydrogen-bond donors (Lipinski definition) is 4. The third-order valence-corrected chi connectivity index (χ3v) is 2.31. The molecule has 0 spiro atoms. The van der Waals surface area contributed by atoms with Crippen LogP contribution in [-0.2, 0) is 4.79 Å². The van der Waals surface area contributed by atoms with E-state index in [4.69, 9.17) is 5.84 Å². The normalized spacial score (nSPS) is 11.5. The van der Waals surface area contributed by atoms with E-state index >= 15 is 0 Å². The van der Waals surface area contributed by atoms with Gasteiger partial charge in [0.1, 0.15) is 11.7 Å². The minimum Gasteiger partial charge on any atom is -0.354 e. The predicted octanol–water partition coefficient (Wildman–Crippen LogP) is -0.593. The first-order chi connectivity index (χ1) is 9.08. The molecule has 0 aliphatic rings. The van der Waals surface area contributed by atoms with Crippen LogP contribution < -0.4 is 21.9 Å². The zero-order chi connectivity index (χ0) is 14.3. The summed E-state index contributed by atoms with van der Waals surface area (Å²) in [4.78, 5) is 31.2. The lowest BCUT2D eigenvalue weighted by Gasteiger charge is -2.13. The number of nitrogens with two attached hydrogens (primary N) is 1. The topological polar surface area (TPSA) is 122 Å². The maximum atomic E-state index is 11.8. The van der Waals surface area contributed by atoms with Crippen molar-refractivity contribution >= 4 is 17.6 Å². The van der Waals surface area contributed by atoms with Crippen molar-refractivity contribution in [2.75, 3.05) is 12.0 Å². The van der Waals surface area contributed by atoms with Crippen LogP contribution >= 0.6 is 0 Å². The summed E-state index contributed by atoms with van der Waals surface area (Å²) < 4.78 is 0. The zero-order valence-electron chi connectivity index (χ0n) is 10.9. The number of nitrogen functional groups attached to an aromatic ring is 1. The molecule has 0 fully saturated rings. The van der Waals surface area contributed by atoms with E-state index in [0.717, 1.165) is 6.42 Å². The van der Waals surface area contributed by atoms with Crippen LogP contribution in [0.15, 0.2) is 12.4 Å². The van der Waals surface area contributed by atoms with Gasteiger partial charge >= 0.3 is 0 Å². The van der Waals surface area contributed by atoms with Crippen molar-refractivity contribution in [3.05, 3.63) is 18.1 Å². The molecule has 1 unspecified atom stereocenters. The summed E-state index contributed by atoms with van der Waals surface area (Å²) >= 11 is 0. The van der Waals surface area contributed by atoms with Crippen molar-refractivity contribution in [3.63, 3.8) is 0 Å². The van der Waals surface area contributed by atoms with Crippen molar-refractivity contribution in [2.45, 2.75) is 26.3 Å². The Morgan fingerprint density at radius 1 is 1.42 bits per heavy atom. The van der Waals surface area contributed by atoms with E-state index in [9.17, 15) is 9.59 Å². The Hall–Kier alpha value is -2.22. The fraction of sp³-hybridized carbons (Fsp3) is 0.455. The van der Waals surface area contributed by atoms with Crippen LogP contribution in [0.4, 0.5) is 5.82 Å². The first-order valence-electron chi connectivity index (χ1n) is 5.95. The second-order valence-electron chi connectivity index (χ2n) is 3.92. The Labute approximate surface area is 111 Å². The van der Waals surface area contributed by atoms with E-state index in [2.05, 4.69) is 26.0 Å². The molecule has 0 bridgehead atoms. The molecule has 0 saturated carbocycles. The van der Waals surface area contributed by atoms with Gasteiger partial charge in [-0.2, -0.15) is 0 Å². The van der Waals surface area contributed by atoms with E-state index in [1.54, 1.807) is 6.92 Å². The number of carbonyl (C=O) groups excluding carboxylic acids is 2. The lowest BCUT2D eigenvalue weighted by molar-refractivity contribution is -0.122. The molecule has 104 valence electrons. The van der Waals surface area contributed by atoms with E-state index in [1.165, 1.54) is 12.4 Å². The lowest BCUT2D eigenvalue weighted by Crippen LogP contribution is -2.45. The fourth-order valence-electron chi connectivity index (χ4n) is 1.28. The maximum Gasteiger partial charge on any atom is 0.272 e. The third kappa shape index (κ3) is 4.51. The van der Waals surface area contributed by atoms with Gasteiger partial charge in [0.25, 0.3) is 5.91 Å². The second kappa shape index (κ2) is 7.27. The average Bonchev–Trinajstić information content (AvgIpc) is 2.44. The molecule has 1 aromatic heterocycles. The van der Waals surface area contributed by atoms with Crippen LogP contribution in [0, 0.1) is 0 Å². The number of hydrogen-bond acceptors (Lipinski definition) is 6. The highest BCUT2D eigenvalue weighted by atomic mass is 16.2. The Morgan fingerprint density at radius 2 is 2.16 bits per heavy atom. The summed E-state index contributed by atoms with van der Waals surface area (Å²) in [6.07, 6.45) is 3.52. The number of nitrogens with zero attached hydrogens (tertiary/aromatic N) is 2. The van der Waals surface area contributed by atoms with E-state index < -0.39 is 11.9 Å². The summed E-state index contributed by atoms with van der Waals surface area (Å²) in [6, 6.07) is -0.643. The summed E-state index contributed by atoms with van der Waals surface area (Å²) in [6.45, 7) is 4.12. The number of hydrazine groups is 1. The zero-order valence-corrected chi connectivity index (χ0v) is 10.9. The number of carbonyl (C=O) groups is 2. The molecule has 0 radical (unpaired) electrons.